The molecule has 2 saturated heterocycles. The highest BCUT2D eigenvalue weighted by Gasteiger charge is 2.26. The molecular formula is C38H44Cl2N6O3. The zero-order valence-corrected chi connectivity index (χ0v) is 30.1. The number of likely N-dealkylation sites (N-methyl/N-ethyl adjacent to an activating group) is 1. The van der Waals surface area contributed by atoms with Crippen molar-refractivity contribution in [2.24, 2.45) is 0 Å². The molecule has 0 aliphatic carbocycles. The molecule has 258 valence electrons. The molecule has 2 aliphatic heterocycles. The van der Waals surface area contributed by atoms with Crippen molar-refractivity contribution >= 4 is 29.1 Å². The number of aromatic nitrogens is 2. The number of ether oxygens (including phenoxy) is 2. The first-order chi connectivity index (χ1) is 23.8. The minimum Gasteiger partial charge on any atom is -0.481 e. The van der Waals surface area contributed by atoms with E-state index in [-0.39, 0.29) is 11.9 Å². The fourth-order valence-electron chi connectivity index (χ4n) is 7.00. The minimum absolute atomic E-state index is 0.0000476. The van der Waals surface area contributed by atoms with Crippen molar-refractivity contribution in [3.05, 3.63) is 81.8 Å². The van der Waals surface area contributed by atoms with E-state index in [1.54, 1.807) is 21.1 Å². The SMILES string of the molecule is CCNC1CCN(Cc2ccc(-c3cccc(-c4cccc(-c5ccc(CN6CCC(NC(C)=O)C6)c(OC)n5)c4Cl)c3Cl)nc2OC)C1. The molecule has 2 atom stereocenters. The molecule has 2 unspecified atom stereocenters. The van der Waals surface area contributed by atoms with Crippen molar-refractivity contribution in [1.82, 2.24) is 30.4 Å². The van der Waals surface area contributed by atoms with E-state index in [1.807, 2.05) is 54.6 Å². The maximum absolute atomic E-state index is 11.5. The molecule has 0 saturated carbocycles. The van der Waals surface area contributed by atoms with Gasteiger partial charge in [-0.2, -0.15) is 0 Å². The number of carbonyl (C=O) groups is 1. The second kappa shape index (κ2) is 15.9. The van der Waals surface area contributed by atoms with Crippen molar-refractivity contribution in [1.29, 1.82) is 0 Å². The van der Waals surface area contributed by atoms with Crippen LogP contribution in [0.1, 0.15) is 37.8 Å². The van der Waals surface area contributed by atoms with Gasteiger partial charge in [-0.1, -0.05) is 78.7 Å². The lowest BCUT2D eigenvalue weighted by Gasteiger charge is -2.19. The quantitative estimate of drug-likeness (QED) is 0.169. The molecule has 2 aromatic carbocycles. The number of amides is 1. The molecular weight excluding hydrogens is 659 g/mol. The lowest BCUT2D eigenvalue weighted by atomic mass is 9.98. The summed E-state index contributed by atoms with van der Waals surface area (Å²) in [5, 5.41) is 7.67. The van der Waals surface area contributed by atoms with Gasteiger partial charge in [0.1, 0.15) is 0 Å². The number of methoxy groups -OCH3 is 2. The van der Waals surface area contributed by atoms with Crippen LogP contribution in [-0.2, 0) is 17.9 Å². The number of hydrogen-bond acceptors (Lipinski definition) is 8. The van der Waals surface area contributed by atoms with Gasteiger partial charge in [-0.3, -0.25) is 14.6 Å². The zero-order valence-electron chi connectivity index (χ0n) is 28.6. The Morgan fingerprint density at radius 2 is 1.22 bits per heavy atom. The lowest BCUT2D eigenvalue weighted by Crippen LogP contribution is -2.35. The number of nitrogens with zero attached hydrogens (tertiary/aromatic N) is 4. The van der Waals surface area contributed by atoms with Gasteiger partial charge in [-0.25, -0.2) is 9.97 Å². The zero-order chi connectivity index (χ0) is 34.5. The van der Waals surface area contributed by atoms with Gasteiger partial charge in [0.25, 0.3) is 0 Å². The fourth-order valence-corrected chi connectivity index (χ4v) is 7.65. The molecule has 2 aliphatic rings. The summed E-state index contributed by atoms with van der Waals surface area (Å²) in [5.74, 6) is 1.15. The first-order valence-corrected chi connectivity index (χ1v) is 17.6. The van der Waals surface area contributed by atoms with Crippen LogP contribution in [0, 0.1) is 0 Å². The molecule has 0 radical (unpaired) electrons. The van der Waals surface area contributed by atoms with E-state index in [1.165, 1.54) is 0 Å². The fraction of sp³-hybridized carbons (Fsp3) is 0.395. The van der Waals surface area contributed by atoms with Gasteiger partial charge in [0.2, 0.25) is 17.7 Å². The number of rotatable bonds is 12. The van der Waals surface area contributed by atoms with Gasteiger partial charge in [-0.15, -0.1) is 0 Å². The van der Waals surface area contributed by atoms with E-state index in [4.69, 9.17) is 42.6 Å². The largest absolute Gasteiger partial charge is 0.481 e. The van der Waals surface area contributed by atoms with Gasteiger partial charge in [0.05, 0.1) is 35.7 Å². The predicted octanol–water partition coefficient (Wildman–Crippen LogP) is 6.70. The van der Waals surface area contributed by atoms with Gasteiger partial charge in [0.15, 0.2) is 0 Å². The van der Waals surface area contributed by atoms with Gasteiger partial charge >= 0.3 is 0 Å². The molecule has 4 heterocycles. The normalized spacial score (nSPS) is 18.2. The van der Waals surface area contributed by atoms with Crippen LogP contribution in [0.4, 0.5) is 0 Å². The number of halogens is 2. The van der Waals surface area contributed by atoms with Crippen molar-refractivity contribution in [2.45, 2.75) is 51.9 Å². The van der Waals surface area contributed by atoms with E-state index in [0.717, 1.165) is 91.2 Å². The van der Waals surface area contributed by atoms with Gasteiger partial charge < -0.3 is 20.1 Å². The molecule has 2 N–H and O–H groups in total. The number of benzene rings is 2. The van der Waals surface area contributed by atoms with Crippen LogP contribution in [0.3, 0.4) is 0 Å². The maximum atomic E-state index is 11.5. The third-order valence-electron chi connectivity index (χ3n) is 9.34. The molecule has 2 aromatic heterocycles. The number of nitrogens with one attached hydrogen (secondary N) is 2. The topological polar surface area (TPSA) is 91.9 Å². The Bertz CT molecular complexity index is 1800. The third-order valence-corrected chi connectivity index (χ3v) is 10.2. The summed E-state index contributed by atoms with van der Waals surface area (Å²) in [5.41, 5.74) is 6.63. The highest BCUT2D eigenvalue weighted by atomic mass is 35.5. The molecule has 4 aromatic rings. The predicted molar refractivity (Wildman–Crippen MR) is 196 cm³/mol. The van der Waals surface area contributed by atoms with Crippen LogP contribution in [0.5, 0.6) is 11.8 Å². The Labute approximate surface area is 298 Å². The Morgan fingerprint density at radius 1 is 0.755 bits per heavy atom. The van der Waals surface area contributed by atoms with Gasteiger partial charge in [-0.05, 0) is 31.5 Å². The number of likely N-dealkylation sites (tertiary alicyclic amines) is 2. The average Bonchev–Trinajstić information content (AvgIpc) is 3.74. The van der Waals surface area contributed by atoms with Crippen LogP contribution >= 0.6 is 23.2 Å². The van der Waals surface area contributed by atoms with E-state index < -0.39 is 0 Å². The van der Waals surface area contributed by atoms with Crippen LogP contribution < -0.4 is 20.1 Å². The average molecular weight is 704 g/mol. The Morgan fingerprint density at radius 3 is 1.69 bits per heavy atom. The standard InChI is InChI=1S/C38H44Cl2N6O3/c1-5-41-27-16-18-45(22-27)20-25-12-14-33(43-37(25)48-3)31-10-6-8-29(35(31)39)30-9-7-11-32(36(30)40)34-15-13-26(38(44-34)49-4)21-46-19-17-28(23-46)42-24(2)47/h6-15,27-28,41H,5,16-23H2,1-4H3,(H,42,47). The van der Waals surface area contributed by atoms with E-state index in [0.29, 0.717) is 40.1 Å². The summed E-state index contributed by atoms with van der Waals surface area (Å²) >= 11 is 14.3. The van der Waals surface area contributed by atoms with E-state index in [9.17, 15) is 4.79 Å². The third kappa shape index (κ3) is 8.03. The molecule has 0 bridgehead atoms. The van der Waals surface area contributed by atoms with Crippen molar-refractivity contribution in [3.63, 3.8) is 0 Å². The Hall–Kier alpha value is -3.73. The molecule has 6 rings (SSSR count). The van der Waals surface area contributed by atoms with E-state index >= 15 is 0 Å². The number of hydrogen-bond donors (Lipinski definition) is 2. The van der Waals surface area contributed by atoms with Crippen LogP contribution in [-0.4, -0.2) is 84.7 Å². The summed E-state index contributed by atoms with van der Waals surface area (Å²) < 4.78 is 11.5. The van der Waals surface area contributed by atoms with Crippen LogP contribution in [0.25, 0.3) is 33.6 Å². The van der Waals surface area contributed by atoms with Crippen molar-refractivity contribution < 1.29 is 14.3 Å². The molecule has 11 heteroatoms. The molecule has 49 heavy (non-hydrogen) atoms. The van der Waals surface area contributed by atoms with Gasteiger partial charge in [0, 0.05) is 91.7 Å². The van der Waals surface area contributed by atoms with Crippen molar-refractivity contribution in [3.8, 4) is 45.4 Å². The smallest absolute Gasteiger partial charge is 0.218 e. The summed E-state index contributed by atoms with van der Waals surface area (Å²) in [6.45, 7) is 9.89. The first kappa shape index (κ1) is 35.1. The van der Waals surface area contributed by atoms with Crippen LogP contribution in [0.2, 0.25) is 10.0 Å². The molecule has 0 spiro atoms. The molecule has 9 nitrogen and oxygen atoms in total. The van der Waals surface area contributed by atoms with Crippen LogP contribution in [0.15, 0.2) is 60.7 Å². The summed E-state index contributed by atoms with van der Waals surface area (Å²) in [6, 6.07) is 20.6. The summed E-state index contributed by atoms with van der Waals surface area (Å²) in [6.07, 6.45) is 2.06. The monoisotopic (exact) mass is 702 g/mol. The maximum Gasteiger partial charge on any atom is 0.218 e. The second-order valence-corrected chi connectivity index (χ2v) is 13.5. The summed E-state index contributed by atoms with van der Waals surface area (Å²) in [4.78, 5) is 26.0. The Balaban J connectivity index is 1.23. The molecule has 1 amide bonds. The lowest BCUT2D eigenvalue weighted by molar-refractivity contribution is -0.119. The first-order valence-electron chi connectivity index (χ1n) is 16.9. The minimum atomic E-state index is 0.0000476. The second-order valence-electron chi connectivity index (χ2n) is 12.8. The van der Waals surface area contributed by atoms with Crippen molar-refractivity contribution in [2.75, 3.05) is 46.9 Å². The highest BCUT2D eigenvalue weighted by Crippen LogP contribution is 2.42. The summed E-state index contributed by atoms with van der Waals surface area (Å²) in [7, 11) is 3.29. The van der Waals surface area contributed by atoms with E-state index in [2.05, 4.69) is 33.4 Å². The molecule has 2 fully saturated rings. The Kier molecular flexibility index (Phi) is 11.4. The number of pyridine rings is 2. The highest BCUT2D eigenvalue weighted by molar-refractivity contribution is 6.39. The number of carbonyl (C=O) groups excluding carboxylic acids is 1.